The number of nitrogens with one attached hydrogen (secondary N) is 1. The molecule has 1 amide bonds. The standard InChI is InChI=1S/C20H24ClNO3S/c1-5-19(26-16-9-7-15(21)8-10-16)20(23)22-13(2)14-6-11-17(24-3)18(12-14)25-4/h6-13,19H,5H2,1-4H3,(H,22,23)/t13-,19-/m1/s1. The van der Waals surface area contributed by atoms with Crippen molar-refractivity contribution in [2.24, 2.45) is 0 Å². The number of benzene rings is 2. The molecule has 26 heavy (non-hydrogen) atoms. The van der Waals surface area contributed by atoms with Crippen molar-refractivity contribution in [3.63, 3.8) is 0 Å². The van der Waals surface area contributed by atoms with Gasteiger partial charge in [0.1, 0.15) is 0 Å². The zero-order chi connectivity index (χ0) is 19.1. The van der Waals surface area contributed by atoms with Crippen molar-refractivity contribution in [2.75, 3.05) is 14.2 Å². The highest BCUT2D eigenvalue weighted by Gasteiger charge is 2.20. The summed E-state index contributed by atoms with van der Waals surface area (Å²) in [5, 5.41) is 3.61. The molecule has 2 atom stereocenters. The number of methoxy groups -OCH3 is 2. The van der Waals surface area contributed by atoms with Crippen LogP contribution in [0.15, 0.2) is 47.4 Å². The Balaban J connectivity index is 2.05. The molecule has 0 bridgehead atoms. The van der Waals surface area contributed by atoms with E-state index in [1.54, 1.807) is 26.0 Å². The van der Waals surface area contributed by atoms with E-state index < -0.39 is 0 Å². The molecule has 0 unspecified atom stereocenters. The Bertz CT molecular complexity index is 736. The van der Waals surface area contributed by atoms with Gasteiger partial charge in [0.25, 0.3) is 0 Å². The van der Waals surface area contributed by atoms with Gasteiger partial charge in [0.15, 0.2) is 11.5 Å². The molecule has 140 valence electrons. The van der Waals surface area contributed by atoms with Gasteiger partial charge in [-0.3, -0.25) is 4.79 Å². The Morgan fingerprint density at radius 2 is 1.77 bits per heavy atom. The first kappa shape index (κ1) is 20.5. The summed E-state index contributed by atoms with van der Waals surface area (Å²) in [6, 6.07) is 13.1. The van der Waals surface area contributed by atoms with E-state index in [0.29, 0.717) is 16.5 Å². The van der Waals surface area contributed by atoms with Crippen LogP contribution in [-0.4, -0.2) is 25.4 Å². The third kappa shape index (κ3) is 5.32. The molecule has 1 N–H and O–H groups in total. The number of hydrogen-bond acceptors (Lipinski definition) is 4. The number of amides is 1. The van der Waals surface area contributed by atoms with Crippen molar-refractivity contribution < 1.29 is 14.3 Å². The summed E-state index contributed by atoms with van der Waals surface area (Å²) in [5.74, 6) is 1.32. The minimum absolute atomic E-state index is 0.00901. The maximum atomic E-state index is 12.7. The van der Waals surface area contributed by atoms with Crippen molar-refractivity contribution in [1.82, 2.24) is 5.32 Å². The fourth-order valence-electron chi connectivity index (χ4n) is 2.51. The summed E-state index contributed by atoms with van der Waals surface area (Å²) >= 11 is 7.46. The average Bonchev–Trinajstić information content (AvgIpc) is 2.66. The van der Waals surface area contributed by atoms with Crippen LogP contribution in [0, 0.1) is 0 Å². The Kier molecular flexibility index (Phi) is 7.66. The molecule has 0 aliphatic carbocycles. The predicted octanol–water partition coefficient (Wildman–Crippen LogP) is 5.11. The lowest BCUT2D eigenvalue weighted by atomic mass is 10.1. The van der Waals surface area contributed by atoms with Crippen molar-refractivity contribution >= 4 is 29.3 Å². The monoisotopic (exact) mass is 393 g/mol. The summed E-state index contributed by atoms with van der Waals surface area (Å²) < 4.78 is 10.6. The van der Waals surface area contributed by atoms with Gasteiger partial charge in [-0.25, -0.2) is 0 Å². The van der Waals surface area contributed by atoms with E-state index >= 15 is 0 Å². The average molecular weight is 394 g/mol. The number of ether oxygens (including phenoxy) is 2. The molecule has 0 heterocycles. The molecule has 0 aliphatic rings. The maximum Gasteiger partial charge on any atom is 0.233 e. The smallest absolute Gasteiger partial charge is 0.233 e. The second kappa shape index (κ2) is 9.74. The van der Waals surface area contributed by atoms with Gasteiger partial charge in [0.2, 0.25) is 5.91 Å². The summed E-state index contributed by atoms with van der Waals surface area (Å²) in [7, 11) is 3.20. The molecule has 0 radical (unpaired) electrons. The summed E-state index contributed by atoms with van der Waals surface area (Å²) in [6.45, 7) is 3.97. The van der Waals surface area contributed by atoms with Crippen LogP contribution in [0.5, 0.6) is 11.5 Å². The first-order chi connectivity index (χ1) is 12.5. The van der Waals surface area contributed by atoms with Gasteiger partial charge in [-0.15, -0.1) is 11.8 Å². The highest BCUT2D eigenvalue weighted by Crippen LogP contribution is 2.31. The number of rotatable bonds is 8. The highest BCUT2D eigenvalue weighted by molar-refractivity contribution is 8.00. The zero-order valence-corrected chi connectivity index (χ0v) is 17.0. The van der Waals surface area contributed by atoms with Gasteiger partial charge < -0.3 is 14.8 Å². The summed E-state index contributed by atoms with van der Waals surface area (Å²) in [5.41, 5.74) is 0.961. The fourth-order valence-corrected chi connectivity index (χ4v) is 3.60. The van der Waals surface area contributed by atoms with Crippen LogP contribution < -0.4 is 14.8 Å². The molecule has 0 aromatic heterocycles. The first-order valence-corrected chi connectivity index (χ1v) is 9.68. The van der Waals surface area contributed by atoms with Crippen LogP contribution in [0.25, 0.3) is 0 Å². The number of hydrogen-bond donors (Lipinski definition) is 1. The van der Waals surface area contributed by atoms with Gasteiger partial charge >= 0.3 is 0 Å². The van der Waals surface area contributed by atoms with Crippen molar-refractivity contribution in [2.45, 2.75) is 36.5 Å². The second-order valence-electron chi connectivity index (χ2n) is 5.81. The van der Waals surface area contributed by atoms with Crippen LogP contribution in [0.2, 0.25) is 5.02 Å². The van der Waals surface area contributed by atoms with Gasteiger partial charge in [-0.1, -0.05) is 24.6 Å². The number of carbonyl (C=O) groups is 1. The molecule has 0 fully saturated rings. The molecule has 6 heteroatoms. The third-order valence-electron chi connectivity index (χ3n) is 4.02. The van der Waals surface area contributed by atoms with E-state index in [0.717, 1.165) is 16.9 Å². The molecule has 4 nitrogen and oxygen atoms in total. The van der Waals surface area contributed by atoms with Crippen LogP contribution in [0.3, 0.4) is 0 Å². The highest BCUT2D eigenvalue weighted by atomic mass is 35.5. The van der Waals surface area contributed by atoms with Crippen LogP contribution >= 0.6 is 23.4 Å². The topological polar surface area (TPSA) is 47.6 Å². The van der Waals surface area contributed by atoms with Gasteiger partial charge in [-0.2, -0.15) is 0 Å². The number of carbonyl (C=O) groups excluding carboxylic acids is 1. The molecule has 2 rings (SSSR count). The van der Waals surface area contributed by atoms with Crippen LogP contribution in [-0.2, 0) is 4.79 Å². The Morgan fingerprint density at radius 1 is 1.12 bits per heavy atom. The molecule has 0 spiro atoms. The maximum absolute atomic E-state index is 12.7. The van der Waals surface area contributed by atoms with Crippen LogP contribution in [0.1, 0.15) is 31.9 Å². The molecule has 2 aromatic rings. The van der Waals surface area contributed by atoms with E-state index in [9.17, 15) is 4.79 Å². The number of thioether (sulfide) groups is 1. The molecule has 0 saturated heterocycles. The summed E-state index contributed by atoms with van der Waals surface area (Å²) in [6.07, 6.45) is 0.734. The van der Waals surface area contributed by atoms with E-state index in [2.05, 4.69) is 5.32 Å². The SMILES string of the molecule is CC[C@@H](Sc1ccc(Cl)cc1)C(=O)N[C@H](C)c1ccc(OC)c(OC)c1. The molecule has 0 saturated carbocycles. The normalized spacial score (nSPS) is 13.0. The van der Waals surface area contributed by atoms with E-state index in [1.807, 2.05) is 56.3 Å². The largest absolute Gasteiger partial charge is 0.493 e. The minimum atomic E-state index is -0.168. The van der Waals surface area contributed by atoms with Crippen molar-refractivity contribution in [3.05, 3.63) is 53.1 Å². The lowest BCUT2D eigenvalue weighted by Gasteiger charge is -2.20. The quantitative estimate of drug-likeness (QED) is 0.633. The van der Waals surface area contributed by atoms with Crippen molar-refractivity contribution in [1.29, 1.82) is 0 Å². The summed E-state index contributed by atoms with van der Waals surface area (Å²) in [4.78, 5) is 13.7. The van der Waals surface area contributed by atoms with Crippen LogP contribution in [0.4, 0.5) is 0 Å². The first-order valence-electron chi connectivity index (χ1n) is 8.43. The van der Waals surface area contributed by atoms with E-state index in [-0.39, 0.29) is 17.2 Å². The molecule has 2 aromatic carbocycles. The lowest BCUT2D eigenvalue weighted by Crippen LogP contribution is -2.34. The third-order valence-corrected chi connectivity index (χ3v) is 5.65. The van der Waals surface area contributed by atoms with E-state index in [4.69, 9.17) is 21.1 Å². The molecule has 0 aliphatic heterocycles. The van der Waals surface area contributed by atoms with Gasteiger partial charge in [0, 0.05) is 9.92 Å². The van der Waals surface area contributed by atoms with Gasteiger partial charge in [0.05, 0.1) is 25.5 Å². The predicted molar refractivity (Wildman–Crippen MR) is 107 cm³/mol. The Morgan fingerprint density at radius 3 is 2.35 bits per heavy atom. The Hall–Kier alpha value is -1.85. The Labute approximate surface area is 164 Å². The minimum Gasteiger partial charge on any atom is -0.493 e. The number of halogens is 1. The molecular weight excluding hydrogens is 370 g/mol. The second-order valence-corrected chi connectivity index (χ2v) is 7.53. The van der Waals surface area contributed by atoms with E-state index in [1.165, 1.54) is 0 Å². The van der Waals surface area contributed by atoms with Crippen molar-refractivity contribution in [3.8, 4) is 11.5 Å². The molecular formula is C20H24ClNO3S. The lowest BCUT2D eigenvalue weighted by molar-refractivity contribution is -0.121. The van der Waals surface area contributed by atoms with Gasteiger partial charge in [-0.05, 0) is 55.3 Å². The fraction of sp³-hybridized carbons (Fsp3) is 0.350. The zero-order valence-electron chi connectivity index (χ0n) is 15.4.